The van der Waals surface area contributed by atoms with Gasteiger partial charge in [0.05, 0.1) is 4.90 Å². The maximum atomic E-state index is 12.6. The van der Waals surface area contributed by atoms with E-state index in [0.29, 0.717) is 28.6 Å². The van der Waals surface area contributed by atoms with Gasteiger partial charge < -0.3 is 10.1 Å². The molecule has 6 nitrogen and oxygen atoms in total. The van der Waals surface area contributed by atoms with Crippen LogP contribution in [-0.2, 0) is 14.8 Å². The average Bonchev–Trinajstić information content (AvgIpc) is 2.73. The molecule has 3 aromatic rings. The molecule has 0 unspecified atom stereocenters. The van der Waals surface area contributed by atoms with Crippen LogP contribution in [-0.4, -0.2) is 20.4 Å². The number of hydrogen-bond donors (Lipinski definition) is 2. The fourth-order valence-corrected chi connectivity index (χ4v) is 4.04. The van der Waals surface area contributed by atoms with Gasteiger partial charge in [-0.25, -0.2) is 8.42 Å². The second-order valence-electron chi connectivity index (χ2n) is 6.96. The lowest BCUT2D eigenvalue weighted by atomic mass is 10.2. The highest BCUT2D eigenvalue weighted by Crippen LogP contribution is 2.21. The molecule has 31 heavy (non-hydrogen) atoms. The predicted octanol–water partition coefficient (Wildman–Crippen LogP) is 5.25. The molecule has 0 saturated carbocycles. The highest BCUT2D eigenvalue weighted by molar-refractivity contribution is 7.92. The highest BCUT2D eigenvalue weighted by Gasteiger charge is 2.19. The van der Waals surface area contributed by atoms with E-state index in [-0.39, 0.29) is 10.8 Å². The molecule has 1 amide bonds. The number of carbonyl (C=O) groups excluding carboxylic acids is 1. The SMILES string of the molecule is CC[C@@H](Oc1ccc(Cl)cc1)C(=O)Nc1ccc(S(=O)(=O)Nc2cccc(C)c2)cc1. The molecule has 0 radical (unpaired) electrons. The fourth-order valence-electron chi connectivity index (χ4n) is 2.86. The van der Waals surface area contributed by atoms with Gasteiger partial charge in [-0.3, -0.25) is 9.52 Å². The predicted molar refractivity (Wildman–Crippen MR) is 123 cm³/mol. The molecule has 3 aromatic carbocycles. The van der Waals surface area contributed by atoms with Gasteiger partial charge in [-0.1, -0.05) is 30.7 Å². The molecule has 1 atom stereocenters. The Morgan fingerprint density at radius 1 is 1.00 bits per heavy atom. The molecule has 0 aromatic heterocycles. The van der Waals surface area contributed by atoms with Crippen LogP contribution in [0.5, 0.6) is 5.75 Å². The van der Waals surface area contributed by atoms with E-state index in [1.807, 2.05) is 19.9 Å². The lowest BCUT2D eigenvalue weighted by Gasteiger charge is -2.17. The number of hydrogen-bond acceptors (Lipinski definition) is 4. The monoisotopic (exact) mass is 458 g/mol. The fraction of sp³-hybridized carbons (Fsp3) is 0.174. The largest absolute Gasteiger partial charge is 0.481 e. The Labute approximate surface area is 187 Å². The van der Waals surface area contributed by atoms with E-state index in [1.165, 1.54) is 24.3 Å². The van der Waals surface area contributed by atoms with Crippen LogP contribution >= 0.6 is 11.6 Å². The van der Waals surface area contributed by atoms with Crippen molar-refractivity contribution in [2.24, 2.45) is 0 Å². The van der Waals surface area contributed by atoms with Crippen molar-refractivity contribution in [3.05, 3.63) is 83.4 Å². The van der Waals surface area contributed by atoms with Crippen molar-refractivity contribution < 1.29 is 17.9 Å². The van der Waals surface area contributed by atoms with Crippen molar-refractivity contribution in [1.29, 1.82) is 0 Å². The average molecular weight is 459 g/mol. The van der Waals surface area contributed by atoms with Crippen LogP contribution in [0.4, 0.5) is 11.4 Å². The summed E-state index contributed by atoms with van der Waals surface area (Å²) in [5, 5.41) is 3.34. The second-order valence-corrected chi connectivity index (χ2v) is 9.08. The number of ether oxygens (including phenoxy) is 1. The number of benzene rings is 3. The van der Waals surface area contributed by atoms with Crippen LogP contribution in [0.1, 0.15) is 18.9 Å². The smallest absolute Gasteiger partial charge is 0.265 e. The zero-order valence-electron chi connectivity index (χ0n) is 17.1. The number of nitrogens with one attached hydrogen (secondary N) is 2. The van der Waals surface area contributed by atoms with E-state index in [2.05, 4.69) is 10.0 Å². The molecule has 0 spiro atoms. The van der Waals surface area contributed by atoms with Crippen molar-refractivity contribution >= 4 is 38.9 Å². The molecule has 0 bridgehead atoms. The Balaban J connectivity index is 1.66. The molecule has 2 N–H and O–H groups in total. The van der Waals surface area contributed by atoms with Crippen LogP contribution in [0.15, 0.2) is 77.7 Å². The molecular formula is C23H23ClN2O4S. The summed E-state index contributed by atoms with van der Waals surface area (Å²) < 4.78 is 33.5. The lowest BCUT2D eigenvalue weighted by Crippen LogP contribution is -2.32. The van der Waals surface area contributed by atoms with Gasteiger partial charge >= 0.3 is 0 Å². The van der Waals surface area contributed by atoms with Crippen LogP contribution in [0.25, 0.3) is 0 Å². The number of rotatable bonds is 8. The van der Waals surface area contributed by atoms with E-state index >= 15 is 0 Å². The van der Waals surface area contributed by atoms with Crippen LogP contribution in [0, 0.1) is 6.92 Å². The summed E-state index contributed by atoms with van der Waals surface area (Å²) >= 11 is 5.87. The van der Waals surface area contributed by atoms with Crippen molar-refractivity contribution in [1.82, 2.24) is 0 Å². The number of amides is 1. The molecule has 0 heterocycles. The molecule has 8 heteroatoms. The minimum Gasteiger partial charge on any atom is -0.481 e. The van der Waals surface area contributed by atoms with Crippen molar-refractivity contribution in [2.45, 2.75) is 31.3 Å². The summed E-state index contributed by atoms with van der Waals surface area (Å²) in [6.45, 7) is 3.72. The Kier molecular flexibility index (Phi) is 7.20. The minimum absolute atomic E-state index is 0.0939. The van der Waals surface area contributed by atoms with Gasteiger partial charge in [0.1, 0.15) is 5.75 Å². The number of carbonyl (C=O) groups is 1. The normalized spacial score (nSPS) is 12.1. The van der Waals surface area contributed by atoms with Gasteiger partial charge in [0.15, 0.2) is 6.10 Å². The summed E-state index contributed by atoms with van der Waals surface area (Å²) in [6.07, 6.45) is -0.242. The van der Waals surface area contributed by atoms with Gasteiger partial charge in [-0.2, -0.15) is 0 Å². The van der Waals surface area contributed by atoms with E-state index < -0.39 is 16.1 Å². The summed E-state index contributed by atoms with van der Waals surface area (Å²) in [5.74, 6) is 0.209. The summed E-state index contributed by atoms with van der Waals surface area (Å²) in [4.78, 5) is 12.7. The topological polar surface area (TPSA) is 84.5 Å². The maximum absolute atomic E-state index is 12.6. The summed E-state index contributed by atoms with van der Waals surface area (Å²) in [7, 11) is -3.74. The molecular weight excluding hydrogens is 436 g/mol. The van der Waals surface area contributed by atoms with Crippen molar-refractivity contribution in [2.75, 3.05) is 10.0 Å². The molecule has 0 aliphatic rings. The van der Waals surface area contributed by atoms with E-state index in [4.69, 9.17) is 16.3 Å². The molecule has 0 saturated heterocycles. The van der Waals surface area contributed by atoms with Gasteiger partial charge in [0.2, 0.25) is 0 Å². The number of aryl methyl sites for hydroxylation is 1. The third-order valence-corrected chi connectivity index (χ3v) is 6.11. The third-order valence-electron chi connectivity index (χ3n) is 4.46. The zero-order valence-corrected chi connectivity index (χ0v) is 18.7. The Hall–Kier alpha value is -3.03. The Morgan fingerprint density at radius 3 is 2.29 bits per heavy atom. The van der Waals surface area contributed by atoms with Crippen molar-refractivity contribution in [3.8, 4) is 5.75 Å². The van der Waals surface area contributed by atoms with Crippen LogP contribution < -0.4 is 14.8 Å². The lowest BCUT2D eigenvalue weighted by molar-refractivity contribution is -0.122. The maximum Gasteiger partial charge on any atom is 0.265 e. The first-order chi connectivity index (χ1) is 14.8. The highest BCUT2D eigenvalue weighted by atomic mass is 35.5. The molecule has 162 valence electrons. The van der Waals surface area contributed by atoms with Crippen molar-refractivity contribution in [3.63, 3.8) is 0 Å². The number of halogens is 1. The van der Waals surface area contributed by atoms with Gasteiger partial charge in [0, 0.05) is 16.4 Å². The quantitative estimate of drug-likeness (QED) is 0.483. The molecule has 0 fully saturated rings. The standard InChI is InChI=1S/C23H23ClN2O4S/c1-3-22(30-20-11-7-17(24)8-12-20)23(27)25-18-9-13-21(14-10-18)31(28,29)26-19-6-4-5-16(2)15-19/h4-15,22,26H,3H2,1-2H3,(H,25,27)/t22-/m1/s1. The summed E-state index contributed by atoms with van der Waals surface area (Å²) in [6, 6.07) is 19.8. The second kappa shape index (κ2) is 9.85. The van der Waals surface area contributed by atoms with E-state index in [9.17, 15) is 13.2 Å². The third kappa shape index (κ3) is 6.23. The molecule has 0 aliphatic heterocycles. The zero-order chi connectivity index (χ0) is 22.4. The van der Waals surface area contributed by atoms with Crippen LogP contribution in [0.3, 0.4) is 0 Å². The Morgan fingerprint density at radius 2 is 1.68 bits per heavy atom. The number of anilines is 2. The minimum atomic E-state index is -3.74. The number of sulfonamides is 1. The van der Waals surface area contributed by atoms with Gasteiger partial charge in [0.25, 0.3) is 15.9 Å². The first-order valence-electron chi connectivity index (χ1n) is 9.69. The van der Waals surface area contributed by atoms with Crippen LogP contribution in [0.2, 0.25) is 5.02 Å². The van der Waals surface area contributed by atoms with E-state index in [1.54, 1.807) is 42.5 Å². The van der Waals surface area contributed by atoms with Gasteiger partial charge in [-0.05, 0) is 79.6 Å². The van der Waals surface area contributed by atoms with E-state index in [0.717, 1.165) is 5.56 Å². The first-order valence-corrected chi connectivity index (χ1v) is 11.6. The van der Waals surface area contributed by atoms with Gasteiger partial charge in [-0.15, -0.1) is 0 Å². The first kappa shape index (κ1) is 22.7. The molecule has 3 rings (SSSR count). The summed E-state index contributed by atoms with van der Waals surface area (Å²) in [5.41, 5.74) is 1.91. The Bertz CT molecular complexity index is 1150. The molecule has 0 aliphatic carbocycles.